The van der Waals surface area contributed by atoms with Gasteiger partial charge in [0.1, 0.15) is 24.1 Å². The highest BCUT2D eigenvalue weighted by Gasteiger charge is 2.49. The fourth-order valence-corrected chi connectivity index (χ4v) is 6.83. The molecule has 3 saturated heterocycles. The van der Waals surface area contributed by atoms with E-state index in [1.807, 2.05) is 0 Å². The molecule has 7 rings (SSSR count). The predicted molar refractivity (Wildman–Crippen MR) is 140 cm³/mol. The number of imidazole rings is 2. The quantitative estimate of drug-likeness (QED) is 0.148. The first-order valence-electron chi connectivity index (χ1n) is 13.1. The number of aliphatic hydroxyl groups is 2. The number of nitrogens with zero attached hydrogens (tertiary/aromatic N) is 7. The maximum Gasteiger partial charge on any atom is 0.472 e. The molecule has 3 aliphatic rings. The van der Waals surface area contributed by atoms with Gasteiger partial charge in [0.15, 0.2) is 35.1 Å². The molecule has 0 aliphatic carbocycles. The van der Waals surface area contributed by atoms with Crippen molar-refractivity contribution in [1.82, 2.24) is 39.0 Å². The number of aliphatic hydroxyl groups excluding tert-OH is 2. The van der Waals surface area contributed by atoms with Gasteiger partial charge < -0.3 is 36.0 Å². The highest BCUT2D eigenvalue weighted by molar-refractivity contribution is 7.47. The highest BCUT2D eigenvalue weighted by atomic mass is 31.2. The Morgan fingerprint density at radius 1 is 0.952 bits per heavy atom. The van der Waals surface area contributed by atoms with Crippen molar-refractivity contribution in [2.75, 3.05) is 18.1 Å². The fraction of sp³-hybridized carbons (Fsp3) is 0.545. The van der Waals surface area contributed by atoms with E-state index in [0.29, 0.717) is 11.2 Å². The lowest BCUT2D eigenvalue weighted by molar-refractivity contribution is -0.0769. The monoisotopic (exact) mass is 606 g/mol. The van der Waals surface area contributed by atoms with Gasteiger partial charge in [0, 0.05) is 12.3 Å². The van der Waals surface area contributed by atoms with Crippen LogP contribution in [0, 0.1) is 5.92 Å². The molecule has 2 bridgehead atoms. The van der Waals surface area contributed by atoms with Crippen LogP contribution in [0.15, 0.2) is 23.8 Å². The van der Waals surface area contributed by atoms with Crippen LogP contribution in [-0.2, 0) is 23.1 Å². The van der Waals surface area contributed by atoms with Gasteiger partial charge in [-0.25, -0.2) is 24.5 Å². The summed E-state index contributed by atoms with van der Waals surface area (Å²) >= 11 is 0. The van der Waals surface area contributed by atoms with Gasteiger partial charge in [-0.2, -0.15) is 4.98 Å². The van der Waals surface area contributed by atoms with Gasteiger partial charge >= 0.3 is 7.82 Å². The first-order valence-corrected chi connectivity index (χ1v) is 14.6. The molecule has 0 spiro atoms. The summed E-state index contributed by atoms with van der Waals surface area (Å²) in [5.74, 6) is -0.623. The van der Waals surface area contributed by atoms with Gasteiger partial charge in [0.25, 0.3) is 5.56 Å². The summed E-state index contributed by atoms with van der Waals surface area (Å²) in [6.45, 7) is -0.408. The molecule has 0 saturated carbocycles. The van der Waals surface area contributed by atoms with E-state index in [0.717, 1.165) is 0 Å². The van der Waals surface area contributed by atoms with Crippen LogP contribution in [0.1, 0.15) is 31.7 Å². The summed E-state index contributed by atoms with van der Waals surface area (Å²) in [4.78, 5) is 45.8. The molecule has 0 amide bonds. The molecule has 0 radical (unpaired) electrons. The van der Waals surface area contributed by atoms with Crippen LogP contribution in [-0.4, -0.2) is 91.3 Å². The van der Waals surface area contributed by atoms with E-state index in [1.165, 1.54) is 28.1 Å². The summed E-state index contributed by atoms with van der Waals surface area (Å²) < 4.78 is 39.1. The number of H-pyrrole nitrogens is 1. The van der Waals surface area contributed by atoms with Crippen LogP contribution in [0.3, 0.4) is 0 Å². The molecule has 4 aromatic heterocycles. The third-order valence-electron chi connectivity index (χ3n) is 7.90. The SMILES string of the molecule is Nc1nc2c(ncn2C2OC3C[C@@H]2OP(=O)(O)OCC2OC(n4cnc5c(N)ncnc54)C(O)C2CCC3O)c(=O)[nH]1. The molecule has 224 valence electrons. The number of phosphoric acid groups is 1. The number of aromatic amines is 1. The predicted octanol–water partition coefficient (Wildman–Crippen LogP) is -1.06. The van der Waals surface area contributed by atoms with Crippen molar-refractivity contribution in [3.8, 4) is 0 Å². The van der Waals surface area contributed by atoms with E-state index in [1.54, 1.807) is 0 Å². The van der Waals surface area contributed by atoms with Crippen LogP contribution < -0.4 is 17.0 Å². The van der Waals surface area contributed by atoms with E-state index in [4.69, 9.17) is 30.0 Å². The Bertz CT molecular complexity index is 1760. The maximum absolute atomic E-state index is 13.1. The molecule has 8 N–H and O–H groups in total. The molecular formula is C22H27N10O9P. The zero-order valence-corrected chi connectivity index (χ0v) is 22.6. The van der Waals surface area contributed by atoms with Crippen LogP contribution in [0.5, 0.6) is 0 Å². The molecule has 9 atom stereocenters. The van der Waals surface area contributed by atoms with Crippen LogP contribution in [0.25, 0.3) is 22.3 Å². The van der Waals surface area contributed by atoms with E-state index < -0.39 is 68.9 Å². The molecule has 8 unspecified atom stereocenters. The van der Waals surface area contributed by atoms with E-state index in [-0.39, 0.29) is 42.2 Å². The molecule has 0 aromatic carbocycles. The largest absolute Gasteiger partial charge is 0.472 e. The minimum atomic E-state index is -4.74. The molecule has 7 heterocycles. The smallest absolute Gasteiger partial charge is 0.390 e. The minimum Gasteiger partial charge on any atom is -0.390 e. The van der Waals surface area contributed by atoms with Gasteiger partial charge in [-0.15, -0.1) is 0 Å². The van der Waals surface area contributed by atoms with E-state index in [2.05, 4.69) is 29.9 Å². The number of fused-ring (bicyclic) bond motifs is 5. The molecule has 20 heteroatoms. The number of hydrogen-bond donors (Lipinski definition) is 6. The second-order valence-electron chi connectivity index (χ2n) is 10.4. The third-order valence-corrected chi connectivity index (χ3v) is 8.91. The Morgan fingerprint density at radius 2 is 1.69 bits per heavy atom. The third kappa shape index (κ3) is 4.54. The van der Waals surface area contributed by atoms with Gasteiger partial charge in [0.2, 0.25) is 5.95 Å². The average molecular weight is 606 g/mol. The van der Waals surface area contributed by atoms with Gasteiger partial charge in [-0.1, -0.05) is 0 Å². The number of nitrogen functional groups attached to an aromatic ring is 2. The Kier molecular flexibility index (Phi) is 6.51. The van der Waals surface area contributed by atoms with Crippen LogP contribution in [0.4, 0.5) is 11.8 Å². The summed E-state index contributed by atoms with van der Waals surface area (Å²) in [6, 6.07) is 0. The van der Waals surface area contributed by atoms with E-state index >= 15 is 0 Å². The van der Waals surface area contributed by atoms with Crippen LogP contribution in [0.2, 0.25) is 0 Å². The van der Waals surface area contributed by atoms with Gasteiger partial charge in [-0.3, -0.25) is 28.0 Å². The lowest BCUT2D eigenvalue weighted by atomic mass is 9.90. The van der Waals surface area contributed by atoms with Gasteiger partial charge in [-0.05, 0) is 12.8 Å². The van der Waals surface area contributed by atoms with Crippen molar-refractivity contribution in [3.63, 3.8) is 0 Å². The zero-order chi connectivity index (χ0) is 29.3. The molecule has 4 aromatic rings. The maximum atomic E-state index is 13.1. The lowest BCUT2D eigenvalue weighted by Gasteiger charge is -2.25. The second kappa shape index (κ2) is 10.0. The highest BCUT2D eigenvalue weighted by Crippen LogP contribution is 2.51. The van der Waals surface area contributed by atoms with Crippen molar-refractivity contribution in [1.29, 1.82) is 0 Å². The minimum absolute atomic E-state index is 0.00994. The second-order valence-corrected chi connectivity index (χ2v) is 11.8. The first kappa shape index (κ1) is 27.3. The average Bonchev–Trinajstić information content (AvgIpc) is 3.70. The Hall–Kier alpha value is -3.55. The summed E-state index contributed by atoms with van der Waals surface area (Å²) in [6.07, 6.45) is -2.65. The van der Waals surface area contributed by atoms with E-state index in [9.17, 15) is 24.5 Å². The Labute approximate surface area is 235 Å². The van der Waals surface area contributed by atoms with Crippen molar-refractivity contribution in [2.45, 2.75) is 62.2 Å². The number of rotatable bonds is 2. The summed E-state index contributed by atoms with van der Waals surface area (Å²) in [7, 11) is -4.74. The first-order chi connectivity index (χ1) is 20.1. The molecule has 3 fully saturated rings. The normalized spacial score (nSPS) is 35.7. The zero-order valence-electron chi connectivity index (χ0n) is 21.7. The number of nitrogens with one attached hydrogen (secondary N) is 1. The number of ether oxygens (including phenoxy) is 2. The standard InChI is InChI=1S/C22H27N10O9P/c23-16-13-17(26-5-25-16)31(6-27-13)21-15(34)8-1-2-9(33)10-3-11(41-42(36,37)38-4-12(8)40-21)20(39-10)32-7-28-14-18(32)29-22(24)30-19(14)35/h5-12,15,20-21,33-34H,1-4H2,(H,36,37)(H2,23,25,26)(H3,24,29,30,35)/t8?,9?,10?,11-,12?,15?,20?,21?/m0/s1. The number of nitrogens with two attached hydrogens (primary N) is 2. The molecule has 19 nitrogen and oxygen atoms in total. The Balaban J connectivity index is 1.17. The molecule has 3 aliphatic heterocycles. The summed E-state index contributed by atoms with van der Waals surface area (Å²) in [5, 5.41) is 22.4. The number of anilines is 2. The summed E-state index contributed by atoms with van der Waals surface area (Å²) in [5.41, 5.74) is 11.7. The van der Waals surface area contributed by atoms with Crippen LogP contribution >= 0.6 is 7.82 Å². The molecular weight excluding hydrogens is 579 g/mol. The number of aromatic nitrogens is 8. The van der Waals surface area contributed by atoms with Gasteiger partial charge in [0.05, 0.1) is 37.6 Å². The fourth-order valence-electron chi connectivity index (χ4n) is 5.90. The Morgan fingerprint density at radius 3 is 2.50 bits per heavy atom. The topological polar surface area (TPSA) is 274 Å². The van der Waals surface area contributed by atoms with Crippen molar-refractivity contribution < 1.29 is 38.2 Å². The lowest BCUT2D eigenvalue weighted by Crippen LogP contribution is -2.32. The number of hydrogen-bond acceptors (Lipinski definition) is 15. The van der Waals surface area contributed by atoms with Crippen molar-refractivity contribution in [3.05, 3.63) is 29.3 Å². The number of phosphoric ester groups is 1. The molecule has 42 heavy (non-hydrogen) atoms. The van der Waals surface area contributed by atoms with Crippen molar-refractivity contribution >= 4 is 41.9 Å². The van der Waals surface area contributed by atoms with Crippen molar-refractivity contribution in [2.24, 2.45) is 5.92 Å².